The van der Waals surface area contributed by atoms with Gasteiger partial charge < -0.3 is 5.73 Å². The van der Waals surface area contributed by atoms with Gasteiger partial charge in [-0.2, -0.15) is 0 Å². The van der Waals surface area contributed by atoms with Crippen molar-refractivity contribution in [1.29, 1.82) is 0 Å². The highest BCUT2D eigenvalue weighted by atomic mass is 127. The van der Waals surface area contributed by atoms with E-state index in [1.807, 2.05) is 0 Å². The van der Waals surface area contributed by atoms with Crippen LogP contribution in [-0.2, 0) is 9.84 Å². The molecule has 0 spiro atoms. The van der Waals surface area contributed by atoms with Gasteiger partial charge in [0.1, 0.15) is 0 Å². The van der Waals surface area contributed by atoms with Crippen LogP contribution in [0, 0.1) is 11.2 Å². The minimum absolute atomic E-state index is 0.269. The minimum atomic E-state index is -3.28. The van der Waals surface area contributed by atoms with E-state index in [1.165, 1.54) is 8.93 Å². The summed E-state index contributed by atoms with van der Waals surface area (Å²) in [5.41, 5.74) is 7.51. The molecule has 1 aromatic heterocycles. The lowest BCUT2D eigenvalue weighted by Crippen LogP contribution is -2.13. The van der Waals surface area contributed by atoms with Gasteiger partial charge in [-0.05, 0) is 46.1 Å². The van der Waals surface area contributed by atoms with Crippen LogP contribution in [0.1, 0.15) is 19.5 Å². The Labute approximate surface area is 152 Å². The summed E-state index contributed by atoms with van der Waals surface area (Å²) in [6, 6.07) is 6.57. The first kappa shape index (κ1) is 18.0. The highest BCUT2D eigenvalue weighted by molar-refractivity contribution is 14.2. The number of nitrogen functional groups attached to an aromatic ring is 1. The first-order valence-corrected chi connectivity index (χ1v) is 11.5. The molecule has 2 N–H and O–H groups in total. The fourth-order valence-corrected chi connectivity index (χ4v) is 3.31. The van der Waals surface area contributed by atoms with E-state index in [2.05, 4.69) is 42.3 Å². The molecule has 120 valence electrons. The monoisotopic (exact) mass is 459 g/mol. The Bertz CT molecular complexity index is 870. The zero-order valence-electron chi connectivity index (χ0n) is 12.4. The summed E-state index contributed by atoms with van der Waals surface area (Å²) in [5, 5.41) is 2.36. The summed E-state index contributed by atoms with van der Waals surface area (Å²) >= 11 is 2.06. The SMILES string of the molecule is CC(C)S(=O)(=O)c1ccc(-c2cnc(N)c(C#CSI)n2)cc1. The molecule has 0 aliphatic carbocycles. The van der Waals surface area contributed by atoms with Gasteiger partial charge in [-0.3, -0.25) is 0 Å². The van der Waals surface area contributed by atoms with Gasteiger partial charge in [0.15, 0.2) is 21.3 Å². The molecule has 2 rings (SSSR count). The summed E-state index contributed by atoms with van der Waals surface area (Å²) in [6.45, 7) is 3.32. The number of nitrogens with zero attached hydrogens (tertiary/aromatic N) is 2. The lowest BCUT2D eigenvalue weighted by atomic mass is 10.1. The quantitative estimate of drug-likeness (QED) is 0.560. The number of aromatic nitrogens is 2. The van der Waals surface area contributed by atoms with E-state index in [-0.39, 0.29) is 5.82 Å². The molecule has 0 aliphatic rings. The standard InChI is InChI=1S/C15H14IN3O2S2/c1-10(2)23(20,21)12-5-3-11(4-6-12)14-9-18-15(17)13(19-14)7-8-22-16/h3-6,9-10H,1-2H3,(H2,17,18). The summed E-state index contributed by atoms with van der Waals surface area (Å²) in [4.78, 5) is 8.76. The second-order valence-electron chi connectivity index (χ2n) is 4.91. The van der Waals surface area contributed by atoms with Crippen LogP contribution in [0.2, 0.25) is 0 Å². The maximum atomic E-state index is 12.1. The van der Waals surface area contributed by atoms with Crippen molar-refractivity contribution in [2.45, 2.75) is 24.0 Å². The van der Waals surface area contributed by atoms with Crippen molar-refractivity contribution in [3.8, 4) is 22.4 Å². The fraction of sp³-hybridized carbons (Fsp3) is 0.200. The van der Waals surface area contributed by atoms with E-state index in [1.54, 1.807) is 44.3 Å². The third-order valence-electron chi connectivity index (χ3n) is 3.11. The average Bonchev–Trinajstić information content (AvgIpc) is 2.54. The Hall–Kier alpha value is -1.31. The molecule has 8 heteroatoms. The molecule has 0 atom stereocenters. The number of anilines is 1. The van der Waals surface area contributed by atoms with Crippen LogP contribution in [0.3, 0.4) is 0 Å². The smallest absolute Gasteiger partial charge is 0.180 e. The number of sulfone groups is 1. The van der Waals surface area contributed by atoms with E-state index in [9.17, 15) is 8.42 Å². The lowest BCUT2D eigenvalue weighted by molar-refractivity contribution is 0.587. The highest BCUT2D eigenvalue weighted by Gasteiger charge is 2.19. The first-order valence-electron chi connectivity index (χ1n) is 6.61. The number of halogens is 1. The average molecular weight is 459 g/mol. The van der Waals surface area contributed by atoms with E-state index >= 15 is 0 Å². The third kappa shape index (κ3) is 4.16. The van der Waals surface area contributed by atoms with E-state index < -0.39 is 15.1 Å². The largest absolute Gasteiger partial charge is 0.381 e. The Balaban J connectivity index is 2.41. The lowest BCUT2D eigenvalue weighted by Gasteiger charge is -2.08. The molecular formula is C15H14IN3O2S2. The van der Waals surface area contributed by atoms with Crippen molar-refractivity contribution in [3.05, 3.63) is 36.2 Å². The van der Waals surface area contributed by atoms with Crippen LogP contribution in [0.15, 0.2) is 35.4 Å². The number of nitrogens with two attached hydrogens (primary N) is 1. The molecule has 1 aromatic carbocycles. The van der Waals surface area contributed by atoms with Crippen LogP contribution < -0.4 is 5.73 Å². The summed E-state index contributed by atoms with van der Waals surface area (Å²) in [6.07, 6.45) is 1.55. The molecule has 0 radical (unpaired) electrons. The molecule has 5 nitrogen and oxygen atoms in total. The van der Waals surface area contributed by atoms with Crippen molar-refractivity contribution in [1.82, 2.24) is 9.97 Å². The Kier molecular flexibility index (Phi) is 5.89. The minimum Gasteiger partial charge on any atom is -0.381 e. The van der Waals surface area contributed by atoms with E-state index in [0.29, 0.717) is 16.3 Å². The molecule has 1 heterocycles. The van der Waals surface area contributed by atoms with Gasteiger partial charge in [0.25, 0.3) is 0 Å². The van der Waals surface area contributed by atoms with Gasteiger partial charge in [-0.1, -0.05) is 12.1 Å². The van der Waals surface area contributed by atoms with Gasteiger partial charge in [0, 0.05) is 26.8 Å². The van der Waals surface area contributed by atoms with Gasteiger partial charge in [0.2, 0.25) is 0 Å². The molecule has 23 heavy (non-hydrogen) atoms. The van der Waals surface area contributed by atoms with E-state index in [0.717, 1.165) is 5.56 Å². The Morgan fingerprint density at radius 2 is 1.91 bits per heavy atom. The fourth-order valence-electron chi connectivity index (χ4n) is 1.78. The molecule has 0 amide bonds. The second kappa shape index (κ2) is 7.51. The first-order chi connectivity index (χ1) is 10.9. The van der Waals surface area contributed by atoms with Crippen molar-refractivity contribution in [2.75, 3.05) is 5.73 Å². The van der Waals surface area contributed by atoms with Crippen LogP contribution in [0.25, 0.3) is 11.3 Å². The molecule has 2 aromatic rings. The van der Waals surface area contributed by atoms with Crippen LogP contribution in [0.4, 0.5) is 5.82 Å². The Morgan fingerprint density at radius 1 is 1.26 bits per heavy atom. The number of rotatable bonds is 3. The van der Waals surface area contributed by atoms with Crippen molar-refractivity contribution >= 4 is 45.8 Å². The van der Waals surface area contributed by atoms with Gasteiger partial charge >= 0.3 is 0 Å². The molecule has 0 aliphatic heterocycles. The van der Waals surface area contributed by atoms with Gasteiger partial charge in [-0.15, -0.1) is 0 Å². The van der Waals surface area contributed by atoms with Crippen molar-refractivity contribution in [2.24, 2.45) is 0 Å². The summed E-state index contributed by atoms with van der Waals surface area (Å²) in [5.74, 6) is 3.10. The topological polar surface area (TPSA) is 85.9 Å². The third-order valence-corrected chi connectivity index (χ3v) is 6.12. The molecule has 0 saturated carbocycles. The second-order valence-corrected chi connectivity index (χ2v) is 9.10. The van der Waals surface area contributed by atoms with Gasteiger partial charge in [-0.25, -0.2) is 18.4 Å². The predicted octanol–water partition coefficient (Wildman–Crippen LogP) is 3.30. The van der Waals surface area contributed by atoms with Crippen LogP contribution in [0.5, 0.6) is 0 Å². The molecule has 0 bridgehead atoms. The zero-order valence-corrected chi connectivity index (χ0v) is 16.2. The zero-order chi connectivity index (χ0) is 17.0. The van der Waals surface area contributed by atoms with Crippen molar-refractivity contribution < 1.29 is 8.42 Å². The van der Waals surface area contributed by atoms with Gasteiger partial charge in [0.05, 0.1) is 22.0 Å². The van der Waals surface area contributed by atoms with E-state index in [4.69, 9.17) is 5.73 Å². The maximum Gasteiger partial charge on any atom is 0.180 e. The normalized spacial score (nSPS) is 11.1. The number of hydrogen-bond donors (Lipinski definition) is 1. The molecule has 0 fully saturated rings. The number of benzene rings is 1. The Morgan fingerprint density at radius 3 is 2.48 bits per heavy atom. The number of hydrogen-bond acceptors (Lipinski definition) is 6. The van der Waals surface area contributed by atoms with Crippen LogP contribution >= 0.6 is 30.1 Å². The highest BCUT2D eigenvalue weighted by Crippen LogP contribution is 2.22. The van der Waals surface area contributed by atoms with Crippen molar-refractivity contribution in [3.63, 3.8) is 0 Å². The molecule has 0 unspecified atom stereocenters. The maximum absolute atomic E-state index is 12.1. The summed E-state index contributed by atoms with van der Waals surface area (Å²) < 4.78 is 24.3. The summed E-state index contributed by atoms with van der Waals surface area (Å²) in [7, 11) is -1.95. The predicted molar refractivity (Wildman–Crippen MR) is 103 cm³/mol. The van der Waals surface area contributed by atoms with Crippen LogP contribution in [-0.4, -0.2) is 23.6 Å². The molecule has 0 saturated heterocycles. The molecular weight excluding hydrogens is 445 g/mol.